The molecule has 0 amide bonds. The largest absolute Gasteiger partial charge is 0.308 e. The van der Waals surface area contributed by atoms with Gasteiger partial charge in [0.1, 0.15) is 0 Å². The molecule has 0 aliphatic carbocycles. The Morgan fingerprint density at radius 3 is 2.12 bits per heavy atom. The van der Waals surface area contributed by atoms with Crippen LogP contribution in [0, 0.1) is 0 Å². The summed E-state index contributed by atoms with van der Waals surface area (Å²) in [5, 5.41) is 4.85. The molecule has 41 heavy (non-hydrogen) atoms. The van der Waals surface area contributed by atoms with E-state index in [1.54, 1.807) is 0 Å². The fourth-order valence-electron chi connectivity index (χ4n) is 5.83. The molecular formula is C37H24N4. The Hall–Kier alpha value is -5.61. The van der Waals surface area contributed by atoms with Crippen molar-refractivity contribution in [3.05, 3.63) is 146 Å². The highest BCUT2D eigenvalue weighted by atomic mass is 15.0. The molecule has 0 unspecified atom stereocenters. The minimum atomic E-state index is 0.851. The smallest absolute Gasteiger partial charge is 0.0899 e. The molecule has 4 heterocycles. The van der Waals surface area contributed by atoms with Crippen molar-refractivity contribution in [3.8, 4) is 39.5 Å². The van der Waals surface area contributed by atoms with Crippen molar-refractivity contribution >= 4 is 32.6 Å². The first kappa shape index (κ1) is 23.3. The number of para-hydroxylation sites is 1. The Morgan fingerprint density at radius 1 is 0.488 bits per heavy atom. The Balaban J connectivity index is 1.29. The summed E-state index contributed by atoms with van der Waals surface area (Å²) in [6, 6.07) is 44.5. The summed E-state index contributed by atoms with van der Waals surface area (Å²) in [6.07, 6.45) is 5.62. The van der Waals surface area contributed by atoms with Crippen molar-refractivity contribution in [2.24, 2.45) is 0 Å². The Bertz CT molecular complexity index is 2140. The summed E-state index contributed by atoms with van der Waals surface area (Å²) in [5.74, 6) is 0. The van der Waals surface area contributed by atoms with Crippen LogP contribution < -0.4 is 0 Å². The molecule has 8 rings (SSSR count). The van der Waals surface area contributed by atoms with Crippen LogP contribution in [0.5, 0.6) is 0 Å². The zero-order valence-electron chi connectivity index (χ0n) is 22.1. The lowest BCUT2D eigenvalue weighted by atomic mass is 9.96. The molecule has 0 aliphatic rings. The maximum absolute atomic E-state index is 5.09. The van der Waals surface area contributed by atoms with Gasteiger partial charge in [-0.3, -0.25) is 9.97 Å². The van der Waals surface area contributed by atoms with Crippen molar-refractivity contribution in [2.45, 2.75) is 0 Å². The maximum atomic E-state index is 5.09. The first-order valence-electron chi connectivity index (χ1n) is 13.7. The second-order valence-electron chi connectivity index (χ2n) is 10.2. The average Bonchev–Trinajstić information content (AvgIpc) is 3.39. The highest BCUT2D eigenvalue weighted by Crippen LogP contribution is 2.35. The lowest BCUT2D eigenvalue weighted by Crippen LogP contribution is -1.95. The number of aromatic nitrogens is 4. The number of hydrogen-bond acceptors (Lipinski definition) is 3. The van der Waals surface area contributed by atoms with Crippen molar-refractivity contribution in [2.75, 3.05) is 0 Å². The molecule has 4 aromatic carbocycles. The third kappa shape index (κ3) is 3.97. The second kappa shape index (κ2) is 9.54. The highest BCUT2D eigenvalue weighted by molar-refractivity contribution is 6.09. The van der Waals surface area contributed by atoms with Crippen LogP contribution in [0.25, 0.3) is 72.0 Å². The summed E-state index contributed by atoms with van der Waals surface area (Å²) < 4.78 is 2.28. The van der Waals surface area contributed by atoms with Crippen molar-refractivity contribution < 1.29 is 0 Å². The van der Waals surface area contributed by atoms with E-state index < -0.39 is 0 Å². The van der Waals surface area contributed by atoms with Crippen LogP contribution in [0.1, 0.15) is 0 Å². The van der Waals surface area contributed by atoms with Gasteiger partial charge in [-0.05, 0) is 70.4 Å². The van der Waals surface area contributed by atoms with Crippen LogP contribution in [0.2, 0.25) is 0 Å². The molecule has 4 nitrogen and oxygen atoms in total. The third-order valence-corrected chi connectivity index (χ3v) is 7.75. The zero-order valence-corrected chi connectivity index (χ0v) is 22.1. The van der Waals surface area contributed by atoms with E-state index in [4.69, 9.17) is 4.98 Å². The molecule has 4 heteroatoms. The van der Waals surface area contributed by atoms with Crippen LogP contribution in [-0.2, 0) is 0 Å². The fourth-order valence-corrected chi connectivity index (χ4v) is 5.83. The van der Waals surface area contributed by atoms with E-state index in [-0.39, 0.29) is 0 Å². The summed E-state index contributed by atoms with van der Waals surface area (Å²) >= 11 is 0. The maximum Gasteiger partial charge on any atom is 0.0899 e. The Kier molecular flexibility index (Phi) is 5.42. The molecular weight excluding hydrogens is 500 g/mol. The standard InChI is InChI=1S/C37H24N4/c1-2-10-29-25(8-1)9-7-12-30(29)27-22-34(40-35(23-27)33-13-5-6-20-39-33)26-15-17-28(18-16-26)41-36-14-4-3-11-31(36)32-19-21-38-24-37(32)41/h1-24H. The number of rotatable bonds is 4. The predicted octanol–water partition coefficient (Wildman–Crippen LogP) is 9.12. The van der Waals surface area contributed by atoms with Gasteiger partial charge in [-0.25, -0.2) is 4.98 Å². The van der Waals surface area contributed by atoms with Gasteiger partial charge in [0.25, 0.3) is 0 Å². The SMILES string of the molecule is c1ccc(-c2cc(-c3cccc4ccccc34)cc(-c3ccc(-n4c5ccccc5c5ccncc54)cc3)n2)nc1. The summed E-state index contributed by atoms with van der Waals surface area (Å²) in [6.45, 7) is 0. The predicted molar refractivity (Wildman–Crippen MR) is 168 cm³/mol. The molecule has 4 aromatic heterocycles. The van der Waals surface area contributed by atoms with Gasteiger partial charge in [-0.15, -0.1) is 0 Å². The topological polar surface area (TPSA) is 43.6 Å². The van der Waals surface area contributed by atoms with Gasteiger partial charge >= 0.3 is 0 Å². The van der Waals surface area contributed by atoms with Crippen LogP contribution >= 0.6 is 0 Å². The normalized spacial score (nSPS) is 11.4. The average molecular weight is 525 g/mol. The monoisotopic (exact) mass is 524 g/mol. The van der Waals surface area contributed by atoms with E-state index >= 15 is 0 Å². The van der Waals surface area contributed by atoms with Gasteiger partial charge < -0.3 is 4.57 Å². The van der Waals surface area contributed by atoms with Crippen molar-refractivity contribution in [1.29, 1.82) is 0 Å². The van der Waals surface area contributed by atoms with Gasteiger partial charge in [-0.1, -0.05) is 78.9 Å². The second-order valence-corrected chi connectivity index (χ2v) is 10.2. The van der Waals surface area contributed by atoms with E-state index in [2.05, 4.69) is 124 Å². The van der Waals surface area contributed by atoms with Crippen LogP contribution in [0.15, 0.2) is 146 Å². The van der Waals surface area contributed by atoms with E-state index in [1.165, 1.54) is 27.1 Å². The lowest BCUT2D eigenvalue weighted by Gasteiger charge is -2.13. The molecule has 8 aromatic rings. The Labute approximate surface area is 237 Å². The molecule has 192 valence electrons. The van der Waals surface area contributed by atoms with E-state index in [9.17, 15) is 0 Å². The van der Waals surface area contributed by atoms with E-state index in [0.717, 1.165) is 44.9 Å². The Morgan fingerprint density at radius 2 is 1.24 bits per heavy atom. The molecule has 0 saturated carbocycles. The van der Waals surface area contributed by atoms with Gasteiger partial charge in [0.05, 0.1) is 34.3 Å². The number of nitrogens with zero attached hydrogens (tertiary/aromatic N) is 4. The molecule has 0 saturated heterocycles. The number of fused-ring (bicyclic) bond motifs is 4. The van der Waals surface area contributed by atoms with E-state index in [0.29, 0.717) is 0 Å². The molecule has 0 radical (unpaired) electrons. The van der Waals surface area contributed by atoms with Crippen LogP contribution in [-0.4, -0.2) is 19.5 Å². The lowest BCUT2D eigenvalue weighted by molar-refractivity contribution is 1.16. The molecule has 0 atom stereocenters. The van der Waals surface area contributed by atoms with Gasteiger partial charge in [0.2, 0.25) is 0 Å². The molecule has 0 bridgehead atoms. The first-order chi connectivity index (χ1) is 20.3. The van der Waals surface area contributed by atoms with Crippen molar-refractivity contribution in [1.82, 2.24) is 19.5 Å². The minimum absolute atomic E-state index is 0.851. The van der Waals surface area contributed by atoms with Crippen molar-refractivity contribution in [3.63, 3.8) is 0 Å². The summed E-state index contributed by atoms with van der Waals surface area (Å²) in [5.41, 5.74) is 9.30. The molecule has 0 N–H and O–H groups in total. The third-order valence-electron chi connectivity index (χ3n) is 7.75. The number of hydrogen-bond donors (Lipinski definition) is 0. The van der Waals surface area contributed by atoms with Crippen LogP contribution in [0.3, 0.4) is 0 Å². The number of pyridine rings is 3. The van der Waals surface area contributed by atoms with Gasteiger partial charge in [0.15, 0.2) is 0 Å². The quantitative estimate of drug-likeness (QED) is 0.231. The molecule has 0 fully saturated rings. The van der Waals surface area contributed by atoms with Crippen LogP contribution in [0.4, 0.5) is 0 Å². The highest BCUT2D eigenvalue weighted by Gasteiger charge is 2.14. The first-order valence-corrected chi connectivity index (χ1v) is 13.7. The number of benzene rings is 4. The van der Waals surface area contributed by atoms with E-state index in [1.807, 2.05) is 36.8 Å². The summed E-state index contributed by atoms with van der Waals surface area (Å²) in [7, 11) is 0. The molecule has 0 spiro atoms. The minimum Gasteiger partial charge on any atom is -0.308 e. The fraction of sp³-hybridized carbons (Fsp3) is 0. The van der Waals surface area contributed by atoms with Gasteiger partial charge in [0, 0.05) is 34.4 Å². The molecule has 0 aliphatic heterocycles. The van der Waals surface area contributed by atoms with Gasteiger partial charge in [-0.2, -0.15) is 0 Å². The summed E-state index contributed by atoms with van der Waals surface area (Å²) in [4.78, 5) is 14.1. The zero-order chi connectivity index (χ0) is 27.2.